The molecule has 3 heteroatoms. The first-order chi connectivity index (χ1) is 7.04. The number of ether oxygens (including phenoxy) is 2. The lowest BCUT2D eigenvalue weighted by Gasteiger charge is -2.31. The summed E-state index contributed by atoms with van der Waals surface area (Å²) in [7, 11) is 1.57. The van der Waals surface area contributed by atoms with Crippen molar-refractivity contribution in [3.63, 3.8) is 0 Å². The molecule has 0 saturated heterocycles. The fourth-order valence-electron chi connectivity index (χ4n) is 1.92. The summed E-state index contributed by atoms with van der Waals surface area (Å²) in [6, 6.07) is 5.69. The molecule has 0 atom stereocenters. The highest BCUT2D eigenvalue weighted by Gasteiger charge is 2.35. The van der Waals surface area contributed by atoms with E-state index >= 15 is 0 Å². The van der Waals surface area contributed by atoms with E-state index in [1.54, 1.807) is 13.2 Å². The second kappa shape index (κ2) is 3.26. The number of para-hydroxylation sites is 1. The predicted molar refractivity (Wildman–Crippen MR) is 56.3 cm³/mol. The van der Waals surface area contributed by atoms with Gasteiger partial charge in [0.2, 0.25) is 0 Å². The van der Waals surface area contributed by atoms with Gasteiger partial charge in [-0.25, -0.2) is 0 Å². The Bertz CT molecular complexity index is 407. The fraction of sp³-hybridized carbons (Fsp3) is 0.417. The van der Waals surface area contributed by atoms with Gasteiger partial charge in [0.05, 0.1) is 13.5 Å². The van der Waals surface area contributed by atoms with Crippen LogP contribution in [-0.2, 0) is 10.2 Å². The van der Waals surface area contributed by atoms with Crippen LogP contribution in [0.4, 0.5) is 0 Å². The molecule has 1 aromatic rings. The van der Waals surface area contributed by atoms with Gasteiger partial charge in [-0.3, -0.25) is 4.79 Å². The molecule has 80 valence electrons. The molecule has 0 fully saturated rings. The Kier molecular flexibility index (Phi) is 2.18. The molecule has 1 aliphatic heterocycles. The van der Waals surface area contributed by atoms with Crippen LogP contribution in [0.1, 0.15) is 25.8 Å². The molecule has 0 spiro atoms. The number of methoxy groups -OCH3 is 1. The number of fused-ring (bicyclic) bond motifs is 1. The minimum Gasteiger partial charge on any atom is -0.493 e. The summed E-state index contributed by atoms with van der Waals surface area (Å²) in [5.74, 6) is 0.992. The van der Waals surface area contributed by atoms with Gasteiger partial charge in [0.1, 0.15) is 0 Å². The highest BCUT2D eigenvalue weighted by atomic mass is 16.6. The van der Waals surface area contributed by atoms with Gasteiger partial charge in [0.25, 0.3) is 0 Å². The van der Waals surface area contributed by atoms with Crippen molar-refractivity contribution < 1.29 is 14.3 Å². The minimum absolute atomic E-state index is 0.181. The van der Waals surface area contributed by atoms with Crippen molar-refractivity contribution in [1.82, 2.24) is 0 Å². The van der Waals surface area contributed by atoms with Crippen LogP contribution in [0.5, 0.6) is 11.5 Å². The minimum atomic E-state index is -0.197. The predicted octanol–water partition coefficient (Wildman–Crippen LogP) is 2.28. The molecule has 0 amide bonds. The first-order valence-corrected chi connectivity index (χ1v) is 4.93. The number of carbonyl (C=O) groups excluding carboxylic acids is 1. The lowest BCUT2D eigenvalue weighted by molar-refractivity contribution is -0.137. The smallest absolute Gasteiger partial charge is 0.312 e. The van der Waals surface area contributed by atoms with E-state index in [4.69, 9.17) is 9.47 Å². The molecule has 1 aromatic carbocycles. The zero-order valence-corrected chi connectivity index (χ0v) is 9.16. The van der Waals surface area contributed by atoms with Crippen LogP contribution in [0.3, 0.4) is 0 Å². The summed E-state index contributed by atoms with van der Waals surface area (Å²) in [6.45, 7) is 4.07. The van der Waals surface area contributed by atoms with Crippen molar-refractivity contribution in [3.05, 3.63) is 23.8 Å². The molecular weight excluding hydrogens is 192 g/mol. The summed E-state index contributed by atoms with van der Waals surface area (Å²) in [4.78, 5) is 11.4. The Labute approximate surface area is 89.0 Å². The molecule has 0 N–H and O–H groups in total. The van der Waals surface area contributed by atoms with Crippen LogP contribution in [-0.4, -0.2) is 13.1 Å². The average Bonchev–Trinajstić information content (AvgIpc) is 2.15. The topological polar surface area (TPSA) is 35.5 Å². The maximum Gasteiger partial charge on any atom is 0.312 e. The SMILES string of the molecule is COc1cccc2c1OC(=O)CC2(C)C. The summed E-state index contributed by atoms with van der Waals surface area (Å²) in [5, 5.41) is 0. The van der Waals surface area contributed by atoms with Crippen molar-refractivity contribution >= 4 is 5.97 Å². The Balaban J connectivity index is 2.60. The van der Waals surface area contributed by atoms with E-state index in [2.05, 4.69) is 0 Å². The van der Waals surface area contributed by atoms with Gasteiger partial charge >= 0.3 is 5.97 Å². The number of hydrogen-bond donors (Lipinski definition) is 0. The second-order valence-corrected chi connectivity index (χ2v) is 4.37. The molecule has 2 rings (SSSR count). The molecule has 0 unspecified atom stereocenters. The molecule has 0 aliphatic carbocycles. The Morgan fingerprint density at radius 3 is 2.80 bits per heavy atom. The van der Waals surface area contributed by atoms with E-state index in [9.17, 15) is 4.79 Å². The third-order valence-electron chi connectivity index (χ3n) is 2.73. The monoisotopic (exact) mass is 206 g/mol. The molecule has 3 nitrogen and oxygen atoms in total. The van der Waals surface area contributed by atoms with Gasteiger partial charge in [-0.05, 0) is 6.07 Å². The van der Waals surface area contributed by atoms with Gasteiger partial charge in [-0.1, -0.05) is 26.0 Å². The number of esters is 1. The molecule has 1 heterocycles. The molecule has 0 aromatic heterocycles. The van der Waals surface area contributed by atoms with Crippen molar-refractivity contribution in [2.45, 2.75) is 25.7 Å². The second-order valence-electron chi connectivity index (χ2n) is 4.37. The molecule has 0 radical (unpaired) electrons. The zero-order valence-electron chi connectivity index (χ0n) is 9.16. The van der Waals surface area contributed by atoms with Crippen LogP contribution < -0.4 is 9.47 Å². The number of carbonyl (C=O) groups is 1. The van der Waals surface area contributed by atoms with Crippen molar-refractivity contribution in [3.8, 4) is 11.5 Å². The summed E-state index contributed by atoms with van der Waals surface area (Å²) < 4.78 is 10.4. The Hall–Kier alpha value is -1.51. The van der Waals surface area contributed by atoms with Gasteiger partial charge in [-0.15, -0.1) is 0 Å². The summed E-state index contributed by atoms with van der Waals surface area (Å²) in [6.07, 6.45) is 0.410. The Morgan fingerprint density at radius 1 is 1.40 bits per heavy atom. The highest BCUT2D eigenvalue weighted by Crippen LogP contribution is 2.43. The third kappa shape index (κ3) is 1.58. The standard InChI is InChI=1S/C12H14O3/c1-12(2)7-10(13)15-11-8(12)5-4-6-9(11)14-3/h4-6H,7H2,1-3H3. The van der Waals surface area contributed by atoms with Crippen LogP contribution in [0, 0.1) is 0 Å². The molecular formula is C12H14O3. The largest absolute Gasteiger partial charge is 0.493 e. The zero-order chi connectivity index (χ0) is 11.1. The van der Waals surface area contributed by atoms with Crippen LogP contribution >= 0.6 is 0 Å². The van der Waals surface area contributed by atoms with Crippen molar-refractivity contribution in [2.75, 3.05) is 7.11 Å². The summed E-state index contributed by atoms with van der Waals surface area (Å²) >= 11 is 0. The van der Waals surface area contributed by atoms with Gasteiger partial charge in [0.15, 0.2) is 11.5 Å². The van der Waals surface area contributed by atoms with E-state index in [0.717, 1.165) is 5.56 Å². The molecule has 15 heavy (non-hydrogen) atoms. The lowest BCUT2D eigenvalue weighted by atomic mass is 9.79. The average molecular weight is 206 g/mol. The number of rotatable bonds is 1. The normalized spacial score (nSPS) is 17.9. The number of benzene rings is 1. The van der Waals surface area contributed by atoms with E-state index in [1.807, 2.05) is 26.0 Å². The van der Waals surface area contributed by atoms with Crippen LogP contribution in [0.2, 0.25) is 0 Å². The molecule has 0 saturated carbocycles. The maximum atomic E-state index is 11.4. The van der Waals surface area contributed by atoms with E-state index in [0.29, 0.717) is 17.9 Å². The summed E-state index contributed by atoms with van der Waals surface area (Å²) in [5.41, 5.74) is 0.848. The molecule has 1 aliphatic rings. The van der Waals surface area contributed by atoms with Gasteiger partial charge in [-0.2, -0.15) is 0 Å². The first kappa shape index (κ1) is 10.0. The van der Waals surface area contributed by atoms with E-state index in [1.165, 1.54) is 0 Å². The van der Waals surface area contributed by atoms with Gasteiger partial charge in [0, 0.05) is 11.0 Å². The molecule has 0 bridgehead atoms. The quantitative estimate of drug-likeness (QED) is 0.522. The highest BCUT2D eigenvalue weighted by molar-refractivity contribution is 5.78. The van der Waals surface area contributed by atoms with E-state index in [-0.39, 0.29) is 11.4 Å². The van der Waals surface area contributed by atoms with E-state index < -0.39 is 0 Å². The van der Waals surface area contributed by atoms with Gasteiger partial charge < -0.3 is 9.47 Å². The maximum absolute atomic E-state index is 11.4. The van der Waals surface area contributed by atoms with Crippen LogP contribution in [0.15, 0.2) is 18.2 Å². The first-order valence-electron chi connectivity index (χ1n) is 4.93. The lowest BCUT2D eigenvalue weighted by Crippen LogP contribution is -2.30. The van der Waals surface area contributed by atoms with Crippen molar-refractivity contribution in [2.24, 2.45) is 0 Å². The van der Waals surface area contributed by atoms with Crippen molar-refractivity contribution in [1.29, 1.82) is 0 Å². The van der Waals surface area contributed by atoms with Crippen LogP contribution in [0.25, 0.3) is 0 Å². The Morgan fingerprint density at radius 2 is 2.13 bits per heavy atom. The third-order valence-corrected chi connectivity index (χ3v) is 2.73. The fourth-order valence-corrected chi connectivity index (χ4v) is 1.92. The number of hydrogen-bond acceptors (Lipinski definition) is 3.